The second-order valence-corrected chi connectivity index (χ2v) is 5.47. The zero-order valence-electron chi connectivity index (χ0n) is 15.6. The Morgan fingerprint density at radius 2 is 1.71 bits per heavy atom. The number of ether oxygens (including phenoxy) is 4. The Morgan fingerprint density at radius 1 is 1.07 bits per heavy atom. The molecule has 8 heteroatoms. The largest absolute Gasteiger partial charge is 0.493 e. The molecule has 0 fully saturated rings. The predicted molar refractivity (Wildman–Crippen MR) is 100 cm³/mol. The molecule has 0 N–H and O–H groups in total. The molecule has 0 spiro atoms. The molecule has 1 unspecified atom stereocenters. The number of para-hydroxylation sites is 2. The molecule has 0 aliphatic carbocycles. The molecule has 1 atom stereocenters. The van der Waals surface area contributed by atoms with E-state index < -0.39 is 23.6 Å². The molecule has 0 amide bonds. The van der Waals surface area contributed by atoms with Gasteiger partial charge in [0.05, 0.1) is 18.6 Å². The van der Waals surface area contributed by atoms with Crippen molar-refractivity contribution in [1.82, 2.24) is 0 Å². The van der Waals surface area contributed by atoms with Gasteiger partial charge in [-0.1, -0.05) is 42.5 Å². The number of rotatable bonds is 10. The molecular weight excluding hydrogens is 366 g/mol. The third-order valence-corrected chi connectivity index (χ3v) is 3.57. The fourth-order valence-corrected chi connectivity index (χ4v) is 2.39. The molecule has 0 radical (unpaired) electrons. The Balaban J connectivity index is 2.39. The van der Waals surface area contributed by atoms with Gasteiger partial charge in [-0.25, -0.2) is 4.79 Å². The van der Waals surface area contributed by atoms with Crippen LogP contribution in [0.15, 0.2) is 66.6 Å². The lowest BCUT2D eigenvalue weighted by molar-refractivity contribution is -0.406. The van der Waals surface area contributed by atoms with Gasteiger partial charge in [0.2, 0.25) is 5.76 Å². The number of carbonyl (C=O) groups is 1. The standard InChI is InChI=1S/C20H21NO7/c1-3-26-19(22)14-27-18(13-21(23)24)20(15-9-5-4-6-10-15)28-17-12-8-7-11-16(17)25-2/h4-13,20H,3,14H2,1-2H3/b18-13-. The van der Waals surface area contributed by atoms with Crippen LogP contribution in [0.2, 0.25) is 0 Å². The van der Waals surface area contributed by atoms with E-state index in [9.17, 15) is 14.9 Å². The summed E-state index contributed by atoms with van der Waals surface area (Å²) in [4.78, 5) is 22.1. The highest BCUT2D eigenvalue weighted by atomic mass is 16.6. The Hall–Kier alpha value is -3.55. The summed E-state index contributed by atoms with van der Waals surface area (Å²) in [5.41, 5.74) is 0.602. The van der Waals surface area contributed by atoms with Crippen LogP contribution in [-0.2, 0) is 14.3 Å². The van der Waals surface area contributed by atoms with E-state index >= 15 is 0 Å². The van der Waals surface area contributed by atoms with Crippen LogP contribution < -0.4 is 9.47 Å². The summed E-state index contributed by atoms with van der Waals surface area (Å²) in [6.45, 7) is 1.35. The molecular formula is C20H21NO7. The fraction of sp³-hybridized carbons (Fsp3) is 0.250. The van der Waals surface area contributed by atoms with Gasteiger partial charge in [0.1, 0.15) is 0 Å². The quantitative estimate of drug-likeness (QED) is 0.266. The Labute approximate surface area is 162 Å². The van der Waals surface area contributed by atoms with Crippen molar-refractivity contribution in [2.45, 2.75) is 13.0 Å². The molecule has 148 valence electrons. The normalized spacial score (nSPS) is 12.0. The monoisotopic (exact) mass is 387 g/mol. The molecule has 0 saturated heterocycles. The smallest absolute Gasteiger partial charge is 0.344 e. The first-order valence-electron chi connectivity index (χ1n) is 8.53. The van der Waals surface area contributed by atoms with E-state index in [2.05, 4.69) is 0 Å². The number of hydrogen-bond donors (Lipinski definition) is 0. The van der Waals surface area contributed by atoms with Crippen LogP contribution in [-0.4, -0.2) is 31.2 Å². The highest BCUT2D eigenvalue weighted by molar-refractivity contribution is 5.70. The van der Waals surface area contributed by atoms with Crippen molar-refractivity contribution in [1.29, 1.82) is 0 Å². The number of hydrogen-bond acceptors (Lipinski definition) is 7. The van der Waals surface area contributed by atoms with Gasteiger partial charge in [0, 0.05) is 5.56 Å². The summed E-state index contributed by atoms with van der Waals surface area (Å²) in [5, 5.41) is 11.1. The first kappa shape index (κ1) is 20.8. The van der Waals surface area contributed by atoms with Crippen LogP contribution >= 0.6 is 0 Å². The maximum Gasteiger partial charge on any atom is 0.344 e. The van der Waals surface area contributed by atoms with E-state index in [1.54, 1.807) is 61.5 Å². The number of nitro groups is 1. The highest BCUT2D eigenvalue weighted by Gasteiger charge is 2.26. The fourth-order valence-electron chi connectivity index (χ4n) is 2.39. The van der Waals surface area contributed by atoms with E-state index in [0.29, 0.717) is 23.3 Å². The van der Waals surface area contributed by atoms with E-state index in [0.717, 1.165) is 0 Å². The van der Waals surface area contributed by atoms with Gasteiger partial charge in [0.15, 0.2) is 24.2 Å². The Morgan fingerprint density at radius 3 is 2.32 bits per heavy atom. The maximum absolute atomic E-state index is 11.6. The van der Waals surface area contributed by atoms with Gasteiger partial charge in [-0.15, -0.1) is 0 Å². The van der Waals surface area contributed by atoms with Crippen LogP contribution in [0.5, 0.6) is 11.5 Å². The van der Waals surface area contributed by atoms with Gasteiger partial charge in [-0.2, -0.15) is 0 Å². The van der Waals surface area contributed by atoms with Gasteiger partial charge in [-0.05, 0) is 19.1 Å². The minimum atomic E-state index is -0.975. The lowest BCUT2D eigenvalue weighted by atomic mass is 10.1. The van der Waals surface area contributed by atoms with E-state index in [4.69, 9.17) is 18.9 Å². The minimum Gasteiger partial charge on any atom is -0.493 e. The Bertz CT molecular complexity index is 820. The Kier molecular flexibility index (Phi) is 7.83. The van der Waals surface area contributed by atoms with Crippen molar-refractivity contribution in [3.8, 4) is 11.5 Å². The summed E-state index contributed by atoms with van der Waals surface area (Å²) in [5.74, 6) is 0.0399. The van der Waals surface area contributed by atoms with Crippen LogP contribution in [0.4, 0.5) is 0 Å². The van der Waals surface area contributed by atoms with E-state index in [-0.39, 0.29) is 12.4 Å². The molecule has 0 aliphatic heterocycles. The highest BCUT2D eigenvalue weighted by Crippen LogP contribution is 2.34. The molecule has 2 aromatic rings. The van der Waals surface area contributed by atoms with Gasteiger partial charge < -0.3 is 18.9 Å². The van der Waals surface area contributed by atoms with Crippen LogP contribution in [0.25, 0.3) is 0 Å². The van der Waals surface area contributed by atoms with Crippen molar-refractivity contribution < 1.29 is 28.7 Å². The number of esters is 1. The van der Waals surface area contributed by atoms with Crippen molar-refractivity contribution in [3.63, 3.8) is 0 Å². The van der Waals surface area contributed by atoms with Crippen LogP contribution in [0, 0.1) is 10.1 Å². The number of carbonyl (C=O) groups excluding carboxylic acids is 1. The summed E-state index contributed by atoms with van der Waals surface area (Å²) in [7, 11) is 1.49. The molecule has 0 aromatic heterocycles. The lowest BCUT2D eigenvalue weighted by Crippen LogP contribution is -2.19. The zero-order valence-corrected chi connectivity index (χ0v) is 15.6. The second-order valence-electron chi connectivity index (χ2n) is 5.47. The first-order chi connectivity index (χ1) is 13.5. The van der Waals surface area contributed by atoms with Gasteiger partial charge in [0.25, 0.3) is 6.20 Å². The molecule has 0 saturated carbocycles. The third kappa shape index (κ3) is 6.01. The summed E-state index contributed by atoms with van der Waals surface area (Å²) >= 11 is 0. The topological polar surface area (TPSA) is 97.1 Å². The molecule has 0 aliphatic rings. The summed E-state index contributed by atoms with van der Waals surface area (Å²) in [6, 6.07) is 15.7. The minimum absolute atomic E-state index is 0.143. The zero-order chi connectivity index (χ0) is 20.4. The molecule has 2 rings (SSSR count). The van der Waals surface area contributed by atoms with Crippen molar-refractivity contribution in [3.05, 3.63) is 82.2 Å². The van der Waals surface area contributed by atoms with Crippen molar-refractivity contribution in [2.24, 2.45) is 0 Å². The van der Waals surface area contributed by atoms with E-state index in [1.165, 1.54) is 7.11 Å². The van der Waals surface area contributed by atoms with Crippen molar-refractivity contribution in [2.75, 3.05) is 20.3 Å². The lowest BCUT2D eigenvalue weighted by Gasteiger charge is -2.22. The maximum atomic E-state index is 11.6. The average molecular weight is 387 g/mol. The SMILES string of the molecule is CCOC(=O)CO/C(=C\[N+](=O)[O-])C(Oc1ccccc1OC)c1ccccc1. The van der Waals surface area contributed by atoms with Crippen LogP contribution in [0.3, 0.4) is 0 Å². The van der Waals surface area contributed by atoms with Crippen LogP contribution in [0.1, 0.15) is 18.6 Å². The molecule has 2 aromatic carbocycles. The second kappa shape index (κ2) is 10.6. The molecule has 8 nitrogen and oxygen atoms in total. The average Bonchev–Trinajstić information content (AvgIpc) is 2.70. The summed E-state index contributed by atoms with van der Waals surface area (Å²) < 4.78 is 21.5. The number of nitrogens with zero attached hydrogens (tertiary/aromatic N) is 1. The molecule has 0 bridgehead atoms. The first-order valence-corrected chi connectivity index (χ1v) is 8.53. The summed E-state index contributed by atoms with van der Waals surface area (Å²) in [6.07, 6.45) is -0.302. The molecule has 0 heterocycles. The molecule has 28 heavy (non-hydrogen) atoms. The third-order valence-electron chi connectivity index (χ3n) is 3.57. The van der Waals surface area contributed by atoms with Gasteiger partial charge >= 0.3 is 5.97 Å². The number of methoxy groups -OCH3 is 1. The predicted octanol–water partition coefficient (Wildman–Crippen LogP) is 3.51. The van der Waals surface area contributed by atoms with Crippen molar-refractivity contribution >= 4 is 5.97 Å². The number of benzene rings is 2. The van der Waals surface area contributed by atoms with E-state index in [1.807, 2.05) is 0 Å². The van der Waals surface area contributed by atoms with Gasteiger partial charge in [-0.3, -0.25) is 10.1 Å².